The number of allylic oxidation sites excluding steroid dienone is 9. The van der Waals surface area contributed by atoms with Crippen LogP contribution in [0.1, 0.15) is 104 Å². The summed E-state index contributed by atoms with van der Waals surface area (Å²) in [5, 5.41) is 0. The van der Waals surface area contributed by atoms with Gasteiger partial charge in [0, 0.05) is 23.0 Å². The molecule has 0 aliphatic carbocycles. The summed E-state index contributed by atoms with van der Waals surface area (Å²) in [7, 11) is 0. The first-order valence-corrected chi connectivity index (χ1v) is 16.2. The lowest BCUT2D eigenvalue weighted by molar-refractivity contribution is 0.521. The highest BCUT2D eigenvalue weighted by Gasteiger charge is 2.31. The fourth-order valence-electron chi connectivity index (χ4n) is 4.13. The third kappa shape index (κ3) is 9.45. The molecule has 214 valence electrons. The molecule has 40 heavy (non-hydrogen) atoms. The molecular weight excluding hydrogens is 521 g/mol. The minimum atomic E-state index is 0.120. The molecule has 0 spiro atoms. The lowest BCUT2D eigenvalue weighted by Crippen LogP contribution is -2.14. The van der Waals surface area contributed by atoms with Crippen molar-refractivity contribution in [1.82, 2.24) is 0 Å². The highest BCUT2D eigenvalue weighted by molar-refractivity contribution is 8.06. The summed E-state index contributed by atoms with van der Waals surface area (Å²) in [6.45, 7) is 27.7. The quantitative estimate of drug-likeness (QED) is 0.254. The van der Waals surface area contributed by atoms with Gasteiger partial charge < -0.3 is 0 Å². The van der Waals surface area contributed by atoms with Crippen LogP contribution in [-0.4, -0.2) is 0 Å². The van der Waals surface area contributed by atoms with Crippen molar-refractivity contribution in [1.29, 1.82) is 0 Å². The first-order valence-electron chi connectivity index (χ1n) is 14.6. The largest absolute Gasteiger partial charge is 0.219 e. The Kier molecular flexibility index (Phi) is 10.0. The normalized spacial score (nSPS) is 15.8. The van der Waals surface area contributed by atoms with Crippen molar-refractivity contribution in [3.63, 3.8) is 0 Å². The molecule has 0 radical (unpaired) electrons. The fraction of sp³-hybridized carbons (Fsp3) is 0.447. The molecule has 1 aliphatic heterocycles. The maximum atomic E-state index is 2.38. The van der Waals surface area contributed by atoms with Crippen LogP contribution in [-0.2, 0) is 17.3 Å². The third-order valence-corrected chi connectivity index (χ3v) is 10.6. The van der Waals surface area contributed by atoms with E-state index in [1.54, 1.807) is 0 Å². The van der Waals surface area contributed by atoms with E-state index >= 15 is 0 Å². The molecule has 1 aliphatic rings. The van der Waals surface area contributed by atoms with Crippen molar-refractivity contribution in [3.8, 4) is 0 Å². The molecule has 2 heteroatoms. The Morgan fingerprint density at radius 2 is 1.20 bits per heavy atom. The smallest absolute Gasteiger partial charge is 0.0978 e. The highest BCUT2D eigenvalue weighted by Crippen LogP contribution is 2.48. The van der Waals surface area contributed by atoms with E-state index in [0.29, 0.717) is 0 Å². The Labute approximate surface area is 254 Å². The molecular formula is C38H51S2+. The van der Waals surface area contributed by atoms with Crippen molar-refractivity contribution in [2.45, 2.75) is 100 Å². The zero-order valence-electron chi connectivity index (χ0n) is 27.0. The van der Waals surface area contributed by atoms with Crippen LogP contribution < -0.4 is 0 Å². The second kappa shape index (κ2) is 12.4. The van der Waals surface area contributed by atoms with Gasteiger partial charge in [-0.15, -0.1) is 0 Å². The van der Waals surface area contributed by atoms with E-state index in [-0.39, 0.29) is 21.7 Å². The van der Waals surface area contributed by atoms with Gasteiger partial charge in [0.2, 0.25) is 21.1 Å². The average molecular weight is 572 g/mol. The second-order valence-corrected chi connectivity index (χ2v) is 17.3. The molecule has 0 amide bonds. The summed E-state index contributed by atoms with van der Waals surface area (Å²) in [6.07, 6.45) is 14.9. The van der Waals surface area contributed by atoms with Crippen molar-refractivity contribution < 1.29 is 0 Å². The molecule has 0 saturated carbocycles. The monoisotopic (exact) mass is 571 g/mol. The van der Waals surface area contributed by atoms with Crippen LogP contribution in [0.15, 0.2) is 93.8 Å². The van der Waals surface area contributed by atoms with Gasteiger partial charge in [-0.2, -0.15) is 0 Å². The van der Waals surface area contributed by atoms with Gasteiger partial charge in [0.05, 0.1) is 0 Å². The minimum absolute atomic E-state index is 0.120. The Morgan fingerprint density at radius 1 is 0.700 bits per heavy atom. The minimum Gasteiger partial charge on any atom is -0.0978 e. The maximum absolute atomic E-state index is 2.38. The summed E-state index contributed by atoms with van der Waals surface area (Å²) < 4.78 is 0. The number of hydrogen-bond acceptors (Lipinski definition) is 1. The summed E-state index contributed by atoms with van der Waals surface area (Å²) in [5.41, 5.74) is 5.66. The zero-order valence-corrected chi connectivity index (χ0v) is 28.7. The van der Waals surface area contributed by atoms with Gasteiger partial charge in [0.1, 0.15) is 0 Å². The summed E-state index contributed by atoms with van der Waals surface area (Å²) in [5.74, 6) is 0. The van der Waals surface area contributed by atoms with E-state index in [1.165, 1.54) is 41.8 Å². The van der Waals surface area contributed by atoms with Gasteiger partial charge in [0.25, 0.3) is 0 Å². The molecule has 0 saturated heterocycles. The molecule has 1 aromatic heterocycles. The molecule has 1 aromatic carbocycles. The Bertz CT molecular complexity index is 1270. The van der Waals surface area contributed by atoms with E-state index in [0.717, 1.165) is 6.42 Å². The van der Waals surface area contributed by atoms with Crippen molar-refractivity contribution in [2.75, 3.05) is 0 Å². The van der Waals surface area contributed by atoms with Gasteiger partial charge in [0.15, 0.2) is 0 Å². The predicted octanol–water partition coefficient (Wildman–Crippen LogP) is 12.3. The Morgan fingerprint density at radius 3 is 1.65 bits per heavy atom. The van der Waals surface area contributed by atoms with Crippen molar-refractivity contribution in [3.05, 3.63) is 115 Å². The summed E-state index contributed by atoms with van der Waals surface area (Å²) in [6, 6.07) is 15.6. The van der Waals surface area contributed by atoms with Crippen LogP contribution in [0.3, 0.4) is 0 Å². The molecule has 0 fully saturated rings. The number of thioether (sulfide) groups is 1. The number of hydrogen-bond donors (Lipinski definition) is 0. The molecule has 0 N–H and O–H groups in total. The predicted molar refractivity (Wildman–Crippen MR) is 184 cm³/mol. The van der Waals surface area contributed by atoms with E-state index < -0.39 is 0 Å². The topological polar surface area (TPSA) is 0 Å². The Hall–Kier alpha value is -2.16. The van der Waals surface area contributed by atoms with Crippen LogP contribution >= 0.6 is 23.1 Å². The van der Waals surface area contributed by atoms with E-state index in [2.05, 4.69) is 162 Å². The van der Waals surface area contributed by atoms with E-state index in [9.17, 15) is 0 Å². The number of rotatable bonds is 5. The van der Waals surface area contributed by atoms with Gasteiger partial charge in [-0.3, -0.25) is 0 Å². The van der Waals surface area contributed by atoms with Crippen molar-refractivity contribution >= 4 is 29.2 Å². The van der Waals surface area contributed by atoms with E-state index in [1.807, 2.05) is 23.1 Å². The fourth-order valence-corrected chi connectivity index (χ4v) is 6.60. The average Bonchev–Trinajstić information content (AvgIpc) is 2.84. The lowest BCUT2D eigenvalue weighted by atomic mass is 9.91. The second-order valence-electron chi connectivity index (χ2n) is 15.1. The van der Waals surface area contributed by atoms with Gasteiger partial charge in [-0.25, -0.2) is 0 Å². The van der Waals surface area contributed by atoms with Crippen LogP contribution in [0.4, 0.5) is 0 Å². The molecule has 0 nitrogen and oxygen atoms in total. The standard InChI is InChI=1S/C38H51S2/c1-35(2,3)31-23-29(24-32(39-31)36(4,5)6)20-18-28(22-27-16-14-13-15-17-27)19-21-30-25-33(37(7,8)9)40-34(26-30)38(10,11)12/h13-21,23-26H,22H2,1-12H3/q+1. The third-order valence-electron chi connectivity index (χ3n) is 6.82. The molecule has 0 unspecified atom stereocenters. The summed E-state index contributed by atoms with van der Waals surface area (Å²) >= 11 is 3.90. The molecule has 3 rings (SSSR count). The number of benzene rings is 1. The summed E-state index contributed by atoms with van der Waals surface area (Å²) in [4.78, 5) is 5.70. The molecule has 2 heterocycles. The first kappa shape index (κ1) is 32.4. The lowest BCUT2D eigenvalue weighted by Gasteiger charge is -2.31. The van der Waals surface area contributed by atoms with E-state index in [4.69, 9.17) is 0 Å². The SMILES string of the molecule is CC(C)(C)C1=CC(=CC=C(C=Cc2cc(C(C)(C)C)[s+]c(C(C)(C)C)c2)Cc2ccccc2)C=C(C(C)(C)C)S1. The molecule has 2 aromatic rings. The van der Waals surface area contributed by atoms with Crippen LogP contribution in [0.2, 0.25) is 0 Å². The van der Waals surface area contributed by atoms with Gasteiger partial charge >= 0.3 is 0 Å². The maximum Gasteiger partial charge on any atom is 0.219 e. The molecule has 0 atom stereocenters. The van der Waals surface area contributed by atoms with Crippen LogP contribution in [0.5, 0.6) is 0 Å². The van der Waals surface area contributed by atoms with Crippen molar-refractivity contribution in [2.24, 2.45) is 10.8 Å². The van der Waals surface area contributed by atoms with Crippen LogP contribution in [0.25, 0.3) is 6.08 Å². The molecule has 0 bridgehead atoms. The zero-order chi connectivity index (χ0) is 29.9. The van der Waals surface area contributed by atoms with Gasteiger partial charge in [-0.05, 0) is 61.5 Å². The first-order chi connectivity index (χ1) is 18.3. The Balaban J connectivity index is 2.09. The highest BCUT2D eigenvalue weighted by atomic mass is 32.2. The van der Waals surface area contributed by atoms with Crippen LogP contribution in [0, 0.1) is 10.8 Å². The van der Waals surface area contributed by atoms with Gasteiger partial charge in [-0.1, -0.05) is 149 Å².